The number of hydrogen-bond acceptors (Lipinski definition) is 3. The second-order valence-corrected chi connectivity index (χ2v) is 6.03. The van der Waals surface area contributed by atoms with Crippen LogP contribution in [0.4, 0.5) is 0 Å². The van der Waals surface area contributed by atoms with Crippen molar-refractivity contribution >= 4 is 0 Å². The Hall–Kier alpha value is -0.120. The molecule has 0 bridgehead atoms. The van der Waals surface area contributed by atoms with Gasteiger partial charge in [-0.3, -0.25) is 9.80 Å². The van der Waals surface area contributed by atoms with E-state index in [0.29, 0.717) is 6.04 Å². The van der Waals surface area contributed by atoms with Crippen molar-refractivity contribution in [1.29, 1.82) is 0 Å². The molecule has 1 N–H and O–H groups in total. The third kappa shape index (κ3) is 3.43. The number of likely N-dealkylation sites (N-methyl/N-ethyl adjacent to an activating group) is 1. The summed E-state index contributed by atoms with van der Waals surface area (Å²) in [6.07, 6.45) is 5.41. The zero-order chi connectivity index (χ0) is 12.3. The van der Waals surface area contributed by atoms with Gasteiger partial charge in [0, 0.05) is 31.2 Å². The maximum absolute atomic E-state index is 3.51. The molecule has 17 heavy (non-hydrogen) atoms. The Bertz CT molecular complexity index is 222. The van der Waals surface area contributed by atoms with Crippen LogP contribution in [-0.2, 0) is 0 Å². The van der Waals surface area contributed by atoms with Crippen molar-refractivity contribution in [3.05, 3.63) is 0 Å². The second-order valence-electron chi connectivity index (χ2n) is 6.03. The first kappa shape index (κ1) is 13.3. The number of likely N-dealkylation sites (tertiary alicyclic amines) is 1. The van der Waals surface area contributed by atoms with Crippen molar-refractivity contribution < 1.29 is 0 Å². The maximum atomic E-state index is 3.51. The molecule has 2 atom stereocenters. The Morgan fingerprint density at radius 3 is 2.65 bits per heavy atom. The van der Waals surface area contributed by atoms with E-state index in [1.54, 1.807) is 0 Å². The molecular weight excluding hydrogens is 210 g/mol. The van der Waals surface area contributed by atoms with Gasteiger partial charge in [0.2, 0.25) is 0 Å². The molecule has 2 heterocycles. The molecule has 0 radical (unpaired) electrons. The van der Waals surface area contributed by atoms with Crippen molar-refractivity contribution in [2.45, 2.75) is 57.7 Å². The first-order valence-electron chi connectivity index (χ1n) is 7.35. The number of nitrogens with zero attached hydrogens (tertiary/aromatic N) is 2. The zero-order valence-corrected chi connectivity index (χ0v) is 11.8. The monoisotopic (exact) mass is 239 g/mol. The third-order valence-electron chi connectivity index (χ3n) is 4.62. The van der Waals surface area contributed by atoms with Crippen LogP contribution in [0.25, 0.3) is 0 Å². The molecule has 2 unspecified atom stereocenters. The molecule has 2 aliphatic heterocycles. The average Bonchev–Trinajstić information content (AvgIpc) is 2.65. The van der Waals surface area contributed by atoms with E-state index < -0.39 is 0 Å². The molecule has 0 aliphatic carbocycles. The molecule has 0 spiro atoms. The van der Waals surface area contributed by atoms with E-state index in [1.165, 1.54) is 51.9 Å². The molecule has 2 rings (SSSR count). The maximum Gasteiger partial charge on any atom is 0.0235 e. The summed E-state index contributed by atoms with van der Waals surface area (Å²) in [5.74, 6) is 0. The third-order valence-corrected chi connectivity index (χ3v) is 4.62. The number of rotatable bonds is 3. The van der Waals surface area contributed by atoms with Crippen molar-refractivity contribution in [1.82, 2.24) is 15.1 Å². The highest BCUT2D eigenvalue weighted by molar-refractivity contribution is 4.87. The fourth-order valence-corrected chi connectivity index (χ4v) is 3.28. The van der Waals surface area contributed by atoms with Crippen molar-refractivity contribution in [2.24, 2.45) is 0 Å². The first-order chi connectivity index (χ1) is 8.18. The van der Waals surface area contributed by atoms with Crippen LogP contribution in [0.2, 0.25) is 0 Å². The van der Waals surface area contributed by atoms with Crippen LogP contribution in [0, 0.1) is 0 Å². The van der Waals surface area contributed by atoms with Crippen LogP contribution in [-0.4, -0.2) is 61.2 Å². The van der Waals surface area contributed by atoms with E-state index in [1.807, 2.05) is 0 Å². The van der Waals surface area contributed by atoms with Gasteiger partial charge in [-0.2, -0.15) is 0 Å². The van der Waals surface area contributed by atoms with Crippen LogP contribution >= 0.6 is 0 Å². The average molecular weight is 239 g/mol. The summed E-state index contributed by atoms with van der Waals surface area (Å²) in [4.78, 5) is 5.30. The van der Waals surface area contributed by atoms with Crippen LogP contribution in [0.3, 0.4) is 0 Å². The summed E-state index contributed by atoms with van der Waals surface area (Å²) < 4.78 is 0. The van der Waals surface area contributed by atoms with E-state index in [9.17, 15) is 0 Å². The summed E-state index contributed by atoms with van der Waals surface area (Å²) >= 11 is 0. The van der Waals surface area contributed by atoms with Gasteiger partial charge in [0.25, 0.3) is 0 Å². The van der Waals surface area contributed by atoms with E-state index >= 15 is 0 Å². The summed E-state index contributed by atoms with van der Waals surface area (Å²) in [6, 6.07) is 2.31. The van der Waals surface area contributed by atoms with Gasteiger partial charge in [-0.1, -0.05) is 0 Å². The molecule has 3 heteroatoms. The molecular formula is C14H29N3. The van der Waals surface area contributed by atoms with Crippen LogP contribution in [0.1, 0.15) is 39.5 Å². The van der Waals surface area contributed by atoms with E-state index in [-0.39, 0.29) is 0 Å². The van der Waals surface area contributed by atoms with Crippen molar-refractivity contribution in [3.8, 4) is 0 Å². The molecule has 0 amide bonds. The second kappa shape index (κ2) is 6.17. The lowest BCUT2D eigenvalue weighted by Crippen LogP contribution is -2.42. The minimum atomic E-state index is 0.712. The predicted octanol–water partition coefficient (Wildman–Crippen LogP) is 1.54. The topological polar surface area (TPSA) is 18.5 Å². The molecule has 0 aromatic rings. The van der Waals surface area contributed by atoms with E-state index in [2.05, 4.69) is 36.0 Å². The van der Waals surface area contributed by atoms with E-state index in [0.717, 1.165) is 12.1 Å². The van der Waals surface area contributed by atoms with Crippen LogP contribution in [0.5, 0.6) is 0 Å². The van der Waals surface area contributed by atoms with Gasteiger partial charge < -0.3 is 5.32 Å². The smallest absolute Gasteiger partial charge is 0.0235 e. The molecule has 0 saturated carbocycles. The van der Waals surface area contributed by atoms with Gasteiger partial charge in [-0.05, 0) is 59.7 Å². The molecule has 2 fully saturated rings. The first-order valence-corrected chi connectivity index (χ1v) is 7.35. The van der Waals surface area contributed by atoms with Crippen molar-refractivity contribution in [3.63, 3.8) is 0 Å². The normalized spacial score (nSPS) is 32.3. The zero-order valence-electron chi connectivity index (χ0n) is 11.8. The number of hydrogen-bond donors (Lipinski definition) is 1. The lowest BCUT2D eigenvalue weighted by molar-refractivity contribution is 0.153. The molecule has 100 valence electrons. The Balaban J connectivity index is 1.84. The van der Waals surface area contributed by atoms with Crippen LogP contribution in [0.15, 0.2) is 0 Å². The van der Waals surface area contributed by atoms with Gasteiger partial charge in [-0.25, -0.2) is 0 Å². The van der Waals surface area contributed by atoms with Gasteiger partial charge in [0.05, 0.1) is 0 Å². The highest BCUT2D eigenvalue weighted by Gasteiger charge is 2.30. The van der Waals surface area contributed by atoms with Gasteiger partial charge in [-0.15, -0.1) is 0 Å². The molecule has 2 saturated heterocycles. The quantitative estimate of drug-likeness (QED) is 0.806. The summed E-state index contributed by atoms with van der Waals surface area (Å²) in [5, 5.41) is 3.51. The largest absolute Gasteiger partial charge is 0.317 e. The minimum absolute atomic E-state index is 0.712. The molecule has 2 aliphatic rings. The Morgan fingerprint density at radius 2 is 1.94 bits per heavy atom. The van der Waals surface area contributed by atoms with Gasteiger partial charge in [0.15, 0.2) is 0 Å². The Morgan fingerprint density at radius 1 is 1.12 bits per heavy atom. The van der Waals surface area contributed by atoms with Gasteiger partial charge >= 0.3 is 0 Å². The fourth-order valence-electron chi connectivity index (χ4n) is 3.28. The molecule has 3 nitrogen and oxygen atoms in total. The lowest BCUT2D eigenvalue weighted by Gasteiger charge is -2.33. The number of nitrogens with one attached hydrogen (secondary N) is 1. The highest BCUT2D eigenvalue weighted by atomic mass is 15.3. The Labute approximate surface area is 107 Å². The fraction of sp³-hybridized carbons (Fsp3) is 1.00. The predicted molar refractivity (Wildman–Crippen MR) is 73.4 cm³/mol. The molecule has 0 aromatic carbocycles. The van der Waals surface area contributed by atoms with Crippen LogP contribution < -0.4 is 5.32 Å². The van der Waals surface area contributed by atoms with Gasteiger partial charge in [0.1, 0.15) is 0 Å². The standard InChI is InChI=1S/C14H29N3/c1-12(2)17-10-7-14(11-17)16(3)13-5-4-8-15-9-6-13/h12-15H,4-11H2,1-3H3. The summed E-state index contributed by atoms with van der Waals surface area (Å²) in [5.41, 5.74) is 0. The summed E-state index contributed by atoms with van der Waals surface area (Å²) in [7, 11) is 2.35. The minimum Gasteiger partial charge on any atom is -0.317 e. The van der Waals surface area contributed by atoms with Crippen molar-refractivity contribution in [2.75, 3.05) is 33.2 Å². The summed E-state index contributed by atoms with van der Waals surface area (Å²) in [6.45, 7) is 9.62. The lowest BCUT2D eigenvalue weighted by atomic mass is 10.1. The Kier molecular flexibility index (Phi) is 4.83. The highest BCUT2D eigenvalue weighted by Crippen LogP contribution is 2.22. The van der Waals surface area contributed by atoms with E-state index in [4.69, 9.17) is 0 Å². The molecule has 0 aromatic heterocycles. The SMILES string of the molecule is CC(C)N1CCC(N(C)C2CCCNCC2)C1.